The van der Waals surface area contributed by atoms with Gasteiger partial charge >= 0.3 is 12.1 Å². The molecule has 0 aromatic heterocycles. The van der Waals surface area contributed by atoms with Gasteiger partial charge in [0.25, 0.3) is 0 Å². The van der Waals surface area contributed by atoms with Gasteiger partial charge in [-0.25, -0.2) is 9.59 Å². The van der Waals surface area contributed by atoms with Crippen molar-refractivity contribution in [3.8, 4) is 0 Å². The van der Waals surface area contributed by atoms with E-state index in [0.29, 0.717) is 5.02 Å². The maximum atomic E-state index is 12.7. The Kier molecular flexibility index (Phi) is 7.04. The molecular weight excluding hydrogens is 354 g/mol. The molecule has 0 bridgehead atoms. The minimum Gasteiger partial charge on any atom is -0.480 e. The van der Waals surface area contributed by atoms with Crippen LogP contribution >= 0.6 is 11.6 Å². The molecule has 0 saturated carbocycles. The zero-order valence-corrected chi connectivity index (χ0v) is 15.5. The van der Waals surface area contributed by atoms with Gasteiger partial charge in [0.1, 0.15) is 12.6 Å². The van der Waals surface area contributed by atoms with E-state index in [0.717, 1.165) is 11.1 Å². The number of carboxylic acids is 1. The van der Waals surface area contributed by atoms with Gasteiger partial charge in [-0.1, -0.05) is 67.9 Å². The Balaban J connectivity index is 2.20. The standard InChI is InChI=1S/C20H22ClNO4/c1-14(2)18(19(23)24)22(12-16-9-6-10-17(21)11-16)20(25)26-13-15-7-4-3-5-8-15/h3-11,14,18H,12-13H2,1-2H3,(H,23,24). The molecule has 0 aliphatic carbocycles. The van der Waals surface area contributed by atoms with Gasteiger partial charge in [0, 0.05) is 11.6 Å². The van der Waals surface area contributed by atoms with Crippen LogP contribution in [0, 0.1) is 5.92 Å². The number of aliphatic carboxylic acids is 1. The van der Waals surface area contributed by atoms with Crippen LogP contribution in [0.5, 0.6) is 0 Å². The molecule has 1 N–H and O–H groups in total. The summed E-state index contributed by atoms with van der Waals surface area (Å²) in [5.41, 5.74) is 1.57. The average molecular weight is 376 g/mol. The molecule has 0 saturated heterocycles. The van der Waals surface area contributed by atoms with Crippen molar-refractivity contribution in [2.45, 2.75) is 33.0 Å². The monoisotopic (exact) mass is 375 g/mol. The predicted octanol–water partition coefficient (Wildman–Crippen LogP) is 4.59. The molecule has 2 aromatic carbocycles. The normalized spacial score (nSPS) is 11.8. The molecule has 0 spiro atoms. The van der Waals surface area contributed by atoms with Crippen LogP contribution in [-0.4, -0.2) is 28.1 Å². The average Bonchev–Trinajstić information content (AvgIpc) is 2.59. The summed E-state index contributed by atoms with van der Waals surface area (Å²) in [4.78, 5) is 25.6. The molecule has 0 heterocycles. The Morgan fingerprint density at radius 1 is 1.08 bits per heavy atom. The smallest absolute Gasteiger partial charge is 0.411 e. The first kappa shape index (κ1) is 19.8. The van der Waals surface area contributed by atoms with E-state index in [1.165, 1.54) is 4.90 Å². The molecule has 26 heavy (non-hydrogen) atoms. The topological polar surface area (TPSA) is 66.8 Å². The van der Waals surface area contributed by atoms with Crippen LogP contribution in [-0.2, 0) is 22.7 Å². The number of nitrogens with zero attached hydrogens (tertiary/aromatic N) is 1. The second kappa shape index (κ2) is 9.25. The van der Waals surface area contributed by atoms with E-state index in [9.17, 15) is 14.7 Å². The molecule has 1 amide bonds. The Hall–Kier alpha value is -2.53. The van der Waals surface area contributed by atoms with Gasteiger partial charge in [-0.3, -0.25) is 4.90 Å². The SMILES string of the molecule is CC(C)C(C(=O)O)N(Cc1cccc(Cl)c1)C(=O)OCc1ccccc1. The summed E-state index contributed by atoms with van der Waals surface area (Å²) in [6.07, 6.45) is -0.671. The molecule has 5 nitrogen and oxygen atoms in total. The van der Waals surface area contributed by atoms with Crippen LogP contribution in [0.1, 0.15) is 25.0 Å². The molecule has 1 unspecified atom stereocenters. The third-order valence-corrected chi connectivity index (χ3v) is 4.14. The van der Waals surface area contributed by atoms with Crippen molar-refractivity contribution in [2.75, 3.05) is 0 Å². The molecule has 0 radical (unpaired) electrons. The number of halogens is 1. The third-order valence-electron chi connectivity index (χ3n) is 3.90. The third kappa shape index (κ3) is 5.49. The quantitative estimate of drug-likeness (QED) is 0.768. The summed E-state index contributed by atoms with van der Waals surface area (Å²) < 4.78 is 5.36. The lowest BCUT2D eigenvalue weighted by Gasteiger charge is -2.30. The van der Waals surface area contributed by atoms with Crippen LogP contribution in [0.15, 0.2) is 54.6 Å². The zero-order chi connectivity index (χ0) is 19.1. The van der Waals surface area contributed by atoms with Crippen molar-refractivity contribution in [2.24, 2.45) is 5.92 Å². The molecule has 2 aromatic rings. The number of carbonyl (C=O) groups excluding carboxylic acids is 1. The van der Waals surface area contributed by atoms with E-state index in [1.807, 2.05) is 30.3 Å². The minimum absolute atomic E-state index is 0.0795. The van der Waals surface area contributed by atoms with Crippen molar-refractivity contribution in [1.29, 1.82) is 0 Å². The van der Waals surface area contributed by atoms with Gasteiger partial charge in [0.05, 0.1) is 0 Å². The fourth-order valence-corrected chi connectivity index (χ4v) is 2.90. The number of rotatable bonds is 7. The Morgan fingerprint density at radius 3 is 2.31 bits per heavy atom. The van der Waals surface area contributed by atoms with Crippen LogP contribution in [0.4, 0.5) is 4.79 Å². The molecular formula is C20H22ClNO4. The number of ether oxygens (including phenoxy) is 1. The summed E-state index contributed by atoms with van der Waals surface area (Å²) in [6.45, 7) is 3.70. The van der Waals surface area contributed by atoms with Crippen LogP contribution in [0.3, 0.4) is 0 Å². The summed E-state index contributed by atoms with van der Waals surface area (Å²) in [6, 6.07) is 15.2. The second-order valence-electron chi connectivity index (χ2n) is 6.33. The summed E-state index contributed by atoms with van der Waals surface area (Å²) in [5.74, 6) is -1.35. The molecule has 2 rings (SSSR count). The number of amides is 1. The maximum Gasteiger partial charge on any atom is 0.411 e. The van der Waals surface area contributed by atoms with E-state index in [4.69, 9.17) is 16.3 Å². The number of carboxylic acid groups (broad SMARTS) is 1. The summed E-state index contributed by atoms with van der Waals surface area (Å²) in [5, 5.41) is 10.1. The van der Waals surface area contributed by atoms with Crippen molar-refractivity contribution in [1.82, 2.24) is 4.90 Å². The van der Waals surface area contributed by atoms with Gasteiger partial charge in [-0.2, -0.15) is 0 Å². The highest BCUT2D eigenvalue weighted by molar-refractivity contribution is 6.30. The van der Waals surface area contributed by atoms with Gasteiger partial charge in [-0.15, -0.1) is 0 Å². The van der Waals surface area contributed by atoms with E-state index in [1.54, 1.807) is 38.1 Å². The number of carbonyl (C=O) groups is 2. The van der Waals surface area contributed by atoms with Crippen LogP contribution in [0.25, 0.3) is 0 Å². The van der Waals surface area contributed by atoms with E-state index in [2.05, 4.69) is 0 Å². The first-order valence-electron chi connectivity index (χ1n) is 8.33. The predicted molar refractivity (Wildman–Crippen MR) is 99.9 cm³/mol. The highest BCUT2D eigenvalue weighted by atomic mass is 35.5. The van der Waals surface area contributed by atoms with E-state index < -0.39 is 18.1 Å². The fraction of sp³-hybridized carbons (Fsp3) is 0.300. The molecule has 0 fully saturated rings. The Morgan fingerprint density at radius 2 is 1.73 bits per heavy atom. The van der Waals surface area contributed by atoms with Crippen molar-refractivity contribution in [3.63, 3.8) is 0 Å². The van der Waals surface area contributed by atoms with Crippen LogP contribution < -0.4 is 0 Å². The number of hydrogen-bond acceptors (Lipinski definition) is 3. The highest BCUT2D eigenvalue weighted by Gasteiger charge is 2.33. The van der Waals surface area contributed by atoms with Crippen molar-refractivity contribution >= 4 is 23.7 Å². The molecule has 1 atom stereocenters. The fourth-order valence-electron chi connectivity index (χ4n) is 2.69. The summed E-state index contributed by atoms with van der Waals surface area (Å²) >= 11 is 6.00. The first-order valence-corrected chi connectivity index (χ1v) is 8.71. The van der Waals surface area contributed by atoms with Gasteiger partial charge in [-0.05, 0) is 29.2 Å². The number of benzene rings is 2. The molecule has 6 heteroatoms. The lowest BCUT2D eigenvalue weighted by molar-refractivity contribution is -0.144. The second-order valence-corrected chi connectivity index (χ2v) is 6.76. The highest BCUT2D eigenvalue weighted by Crippen LogP contribution is 2.19. The van der Waals surface area contributed by atoms with Gasteiger partial charge < -0.3 is 9.84 Å². The van der Waals surface area contributed by atoms with Gasteiger partial charge in [0.15, 0.2) is 0 Å². The largest absolute Gasteiger partial charge is 0.480 e. The Bertz CT molecular complexity index is 748. The lowest BCUT2D eigenvalue weighted by atomic mass is 10.0. The lowest BCUT2D eigenvalue weighted by Crippen LogP contribution is -2.47. The summed E-state index contributed by atoms with van der Waals surface area (Å²) in [7, 11) is 0. The van der Waals surface area contributed by atoms with E-state index in [-0.39, 0.29) is 19.1 Å². The maximum absolute atomic E-state index is 12.7. The van der Waals surface area contributed by atoms with Crippen molar-refractivity contribution < 1.29 is 19.4 Å². The Labute approximate surface area is 158 Å². The molecule has 0 aliphatic rings. The van der Waals surface area contributed by atoms with E-state index >= 15 is 0 Å². The van der Waals surface area contributed by atoms with Crippen LogP contribution in [0.2, 0.25) is 5.02 Å². The molecule has 0 aliphatic heterocycles. The minimum atomic E-state index is -1.07. The first-order chi connectivity index (χ1) is 12.4. The zero-order valence-electron chi connectivity index (χ0n) is 14.8. The molecule has 138 valence electrons. The number of hydrogen-bond donors (Lipinski definition) is 1. The van der Waals surface area contributed by atoms with Crippen molar-refractivity contribution in [3.05, 3.63) is 70.7 Å². The van der Waals surface area contributed by atoms with Gasteiger partial charge in [0.2, 0.25) is 0 Å².